The molecule has 0 aliphatic carbocycles. The van der Waals surface area contributed by atoms with Gasteiger partial charge in [0.05, 0.1) is 16.1 Å². The Morgan fingerprint density at radius 1 is 0.550 bits per heavy atom. The van der Waals surface area contributed by atoms with Gasteiger partial charge in [0.15, 0.2) is 0 Å². The van der Waals surface area contributed by atoms with Crippen molar-refractivity contribution in [3.63, 3.8) is 0 Å². The predicted octanol–water partition coefficient (Wildman–Crippen LogP) is 7.01. The van der Waals surface area contributed by atoms with E-state index in [1.165, 1.54) is 0 Å². The molecule has 0 aromatic rings. The fourth-order valence-electron chi connectivity index (χ4n) is 1.83. The van der Waals surface area contributed by atoms with Crippen LogP contribution < -0.4 is 0 Å². The number of halogens is 6. The zero-order valence-electron chi connectivity index (χ0n) is 12.0. The van der Waals surface area contributed by atoms with Crippen LogP contribution in [0.1, 0.15) is 52.4 Å². The summed E-state index contributed by atoms with van der Waals surface area (Å²) in [7, 11) is 0. The molecule has 0 aromatic heterocycles. The molecule has 0 nitrogen and oxygen atoms in total. The Morgan fingerprint density at radius 3 is 1.35 bits per heavy atom. The molecule has 0 bridgehead atoms. The van der Waals surface area contributed by atoms with Crippen LogP contribution in [0.3, 0.4) is 0 Å². The molecule has 0 saturated heterocycles. The quantitative estimate of drug-likeness (QED) is 0.325. The minimum atomic E-state index is -0.260. The van der Waals surface area contributed by atoms with Crippen LogP contribution in [0.25, 0.3) is 0 Å². The fraction of sp³-hybridized carbons (Fsp3) is 1.00. The predicted molar refractivity (Wildman–Crippen MR) is 96.9 cm³/mol. The highest BCUT2D eigenvalue weighted by Gasteiger charge is 2.25. The first-order valence-corrected chi connectivity index (χ1v) is 9.70. The van der Waals surface area contributed by atoms with Crippen molar-refractivity contribution >= 4 is 69.6 Å². The minimum absolute atomic E-state index is 0.0953. The van der Waals surface area contributed by atoms with Gasteiger partial charge in [-0.2, -0.15) is 0 Å². The van der Waals surface area contributed by atoms with Gasteiger partial charge in [-0.15, -0.1) is 69.6 Å². The zero-order chi connectivity index (χ0) is 15.7. The van der Waals surface area contributed by atoms with E-state index in [0.29, 0.717) is 0 Å². The lowest BCUT2D eigenvalue weighted by Gasteiger charge is -2.22. The molecule has 0 aliphatic rings. The Balaban J connectivity index is 3.91. The molecule has 20 heavy (non-hydrogen) atoms. The summed E-state index contributed by atoms with van der Waals surface area (Å²) in [5.74, 6) is 0. The topological polar surface area (TPSA) is 0 Å². The Labute approximate surface area is 153 Å². The lowest BCUT2D eigenvalue weighted by molar-refractivity contribution is 0.567. The van der Waals surface area contributed by atoms with Crippen molar-refractivity contribution in [3.05, 3.63) is 0 Å². The third kappa shape index (κ3) is 11.3. The monoisotopic (exact) mass is 402 g/mol. The van der Waals surface area contributed by atoms with Crippen molar-refractivity contribution in [2.75, 3.05) is 0 Å². The van der Waals surface area contributed by atoms with Crippen LogP contribution in [-0.4, -0.2) is 32.3 Å². The van der Waals surface area contributed by atoms with Crippen LogP contribution in [0.15, 0.2) is 0 Å². The number of rotatable bonds is 11. The van der Waals surface area contributed by atoms with Crippen molar-refractivity contribution < 1.29 is 0 Å². The molecule has 0 radical (unpaired) electrons. The molecule has 0 rings (SSSR count). The van der Waals surface area contributed by atoms with Gasteiger partial charge in [0.2, 0.25) is 0 Å². The van der Waals surface area contributed by atoms with Crippen LogP contribution >= 0.6 is 69.6 Å². The molecule has 0 saturated carbocycles. The SMILES string of the molecule is CC(Cl)CCC(Cl)CCC(Cl)C(Cl)C(Cl)CCC(C)Cl. The van der Waals surface area contributed by atoms with Crippen molar-refractivity contribution in [3.8, 4) is 0 Å². The Morgan fingerprint density at radius 2 is 0.900 bits per heavy atom. The fourth-order valence-corrected chi connectivity index (χ4v) is 3.26. The van der Waals surface area contributed by atoms with Crippen molar-refractivity contribution in [2.24, 2.45) is 0 Å². The molecule has 6 atom stereocenters. The van der Waals surface area contributed by atoms with Crippen LogP contribution in [0, 0.1) is 0 Å². The first-order valence-electron chi connectivity index (χ1n) is 7.08. The molecular formula is C14H24Cl6. The lowest BCUT2D eigenvalue weighted by Crippen LogP contribution is -2.26. The molecular weight excluding hydrogens is 381 g/mol. The first kappa shape index (κ1) is 21.7. The third-order valence-electron chi connectivity index (χ3n) is 3.16. The van der Waals surface area contributed by atoms with Gasteiger partial charge in [0.25, 0.3) is 0 Å². The summed E-state index contributed by atoms with van der Waals surface area (Å²) in [6, 6.07) is 0. The van der Waals surface area contributed by atoms with Gasteiger partial charge >= 0.3 is 0 Å². The van der Waals surface area contributed by atoms with E-state index in [-0.39, 0.29) is 32.3 Å². The summed E-state index contributed by atoms with van der Waals surface area (Å²) in [6.45, 7) is 3.92. The highest BCUT2D eigenvalue weighted by Crippen LogP contribution is 2.28. The molecule has 6 unspecified atom stereocenters. The van der Waals surface area contributed by atoms with Gasteiger partial charge in [-0.1, -0.05) is 0 Å². The van der Waals surface area contributed by atoms with Gasteiger partial charge in [0, 0.05) is 16.1 Å². The van der Waals surface area contributed by atoms with Gasteiger partial charge in [-0.25, -0.2) is 0 Å². The summed E-state index contributed by atoms with van der Waals surface area (Å²) in [5, 5.41) is -0.216. The van der Waals surface area contributed by atoms with Crippen LogP contribution in [0.2, 0.25) is 0 Å². The molecule has 0 aromatic carbocycles. The summed E-state index contributed by atoms with van der Waals surface area (Å²) in [6.07, 6.45) is 5.03. The van der Waals surface area contributed by atoms with Crippen molar-refractivity contribution in [1.29, 1.82) is 0 Å². The summed E-state index contributed by atoms with van der Waals surface area (Å²) in [5.41, 5.74) is 0. The summed E-state index contributed by atoms with van der Waals surface area (Å²) < 4.78 is 0. The largest absolute Gasteiger partial charge is 0.123 e. The van der Waals surface area contributed by atoms with E-state index in [1.807, 2.05) is 13.8 Å². The highest BCUT2D eigenvalue weighted by atomic mass is 35.5. The maximum absolute atomic E-state index is 6.31. The first-order chi connectivity index (χ1) is 9.23. The Bertz CT molecular complexity index is 234. The average Bonchev–Trinajstić information content (AvgIpc) is 2.38. The van der Waals surface area contributed by atoms with E-state index in [0.717, 1.165) is 38.5 Å². The maximum Gasteiger partial charge on any atom is 0.0663 e. The second-order valence-corrected chi connectivity index (χ2v) is 9.10. The van der Waals surface area contributed by atoms with Crippen molar-refractivity contribution in [1.82, 2.24) is 0 Å². The molecule has 0 spiro atoms. The molecule has 0 amide bonds. The zero-order valence-corrected chi connectivity index (χ0v) is 16.5. The number of hydrogen-bond donors (Lipinski definition) is 0. The van der Waals surface area contributed by atoms with Gasteiger partial charge < -0.3 is 0 Å². The minimum Gasteiger partial charge on any atom is -0.123 e. The second kappa shape index (κ2) is 12.2. The van der Waals surface area contributed by atoms with Crippen LogP contribution in [0.5, 0.6) is 0 Å². The Kier molecular flexibility index (Phi) is 13.3. The number of hydrogen-bond acceptors (Lipinski definition) is 0. The van der Waals surface area contributed by atoms with Crippen molar-refractivity contribution in [2.45, 2.75) is 84.6 Å². The normalized spacial score (nSPS) is 21.0. The van der Waals surface area contributed by atoms with Gasteiger partial charge in [0.1, 0.15) is 0 Å². The lowest BCUT2D eigenvalue weighted by atomic mass is 10.0. The van der Waals surface area contributed by atoms with Crippen LogP contribution in [0.4, 0.5) is 0 Å². The molecule has 0 heterocycles. The summed E-state index contributed by atoms with van der Waals surface area (Å²) in [4.78, 5) is 0. The summed E-state index contributed by atoms with van der Waals surface area (Å²) >= 11 is 36.9. The smallest absolute Gasteiger partial charge is 0.0663 e. The standard InChI is InChI=1S/C14H24Cl6/c1-9(15)3-5-11(17)6-8-13(19)14(20)12(18)7-4-10(2)16/h9-14H,3-8H2,1-2H3. The third-order valence-corrected chi connectivity index (χ3v) is 5.88. The Hall–Kier alpha value is 1.74. The molecule has 122 valence electrons. The second-order valence-electron chi connectivity index (χ2n) is 5.37. The number of alkyl halides is 6. The van der Waals surface area contributed by atoms with Crippen LogP contribution in [-0.2, 0) is 0 Å². The van der Waals surface area contributed by atoms with Gasteiger partial charge in [-0.05, 0) is 52.4 Å². The maximum atomic E-state index is 6.31. The van der Waals surface area contributed by atoms with E-state index in [9.17, 15) is 0 Å². The van der Waals surface area contributed by atoms with E-state index in [2.05, 4.69) is 0 Å². The molecule has 0 N–H and O–H groups in total. The van der Waals surface area contributed by atoms with Gasteiger partial charge in [-0.3, -0.25) is 0 Å². The molecule has 6 heteroatoms. The van der Waals surface area contributed by atoms with E-state index >= 15 is 0 Å². The highest BCUT2D eigenvalue weighted by molar-refractivity contribution is 6.35. The molecule has 0 fully saturated rings. The average molecular weight is 405 g/mol. The molecule has 0 aliphatic heterocycles. The van der Waals surface area contributed by atoms with E-state index in [1.54, 1.807) is 0 Å². The van der Waals surface area contributed by atoms with E-state index < -0.39 is 0 Å². The van der Waals surface area contributed by atoms with E-state index in [4.69, 9.17) is 69.6 Å².